The minimum Gasteiger partial charge on any atom is -0.489 e. The van der Waals surface area contributed by atoms with Gasteiger partial charge in [0.15, 0.2) is 5.76 Å². The average molecular weight is 378 g/mol. The molecule has 2 N–H and O–H groups in total. The Morgan fingerprint density at radius 2 is 1.68 bits per heavy atom. The number of carbonyl (C=O) groups is 2. The lowest BCUT2D eigenvalue weighted by molar-refractivity contribution is -0.122. The molecule has 0 aliphatic heterocycles. The molecular weight excluding hydrogens is 356 g/mol. The predicted molar refractivity (Wildman–Crippen MR) is 105 cm³/mol. The highest BCUT2D eigenvalue weighted by molar-refractivity contribution is 5.99. The summed E-state index contributed by atoms with van der Waals surface area (Å²) < 4.78 is 11.6. The van der Waals surface area contributed by atoms with Crippen molar-refractivity contribution in [2.45, 2.75) is 19.4 Å². The smallest absolute Gasteiger partial charge is 0.287 e. The Balaban J connectivity index is 1.44. The molecule has 0 unspecified atom stereocenters. The summed E-state index contributed by atoms with van der Waals surface area (Å²) in [5.41, 5.74) is 1.35. The van der Waals surface area contributed by atoms with Gasteiger partial charge in [-0.15, -0.1) is 0 Å². The van der Waals surface area contributed by atoms with Gasteiger partial charge < -0.3 is 19.8 Å². The van der Waals surface area contributed by atoms with E-state index in [9.17, 15) is 9.59 Å². The molecule has 1 aliphatic carbocycles. The lowest BCUT2D eigenvalue weighted by Crippen LogP contribution is -2.35. The molecule has 1 fully saturated rings. The average Bonchev–Trinajstić information content (AvgIpc) is 3.51. The van der Waals surface area contributed by atoms with Crippen LogP contribution in [0.1, 0.15) is 29.0 Å². The third-order valence-corrected chi connectivity index (χ3v) is 4.69. The van der Waals surface area contributed by atoms with Crippen LogP contribution in [0.25, 0.3) is 11.0 Å². The van der Waals surface area contributed by atoms with Gasteiger partial charge in [-0.25, -0.2) is 0 Å². The van der Waals surface area contributed by atoms with E-state index in [1.165, 1.54) is 0 Å². The van der Waals surface area contributed by atoms with Gasteiger partial charge in [-0.3, -0.25) is 9.59 Å². The Bertz CT molecular complexity index is 977. The molecule has 4 rings (SSSR count). The van der Waals surface area contributed by atoms with Crippen LogP contribution < -0.4 is 15.4 Å². The van der Waals surface area contributed by atoms with Crippen molar-refractivity contribution in [1.29, 1.82) is 0 Å². The Labute approximate surface area is 162 Å². The monoisotopic (exact) mass is 378 g/mol. The summed E-state index contributed by atoms with van der Waals surface area (Å²) in [7, 11) is 0. The topological polar surface area (TPSA) is 80.6 Å². The molecule has 0 atom stereocenters. The molecule has 0 spiro atoms. The standard InChI is InChI=1S/C22H22N2O4/c25-21(15-10-11-15)23-12-13-24-22(26)20-18(14-27-16-6-2-1-3-7-16)17-8-4-5-9-19(17)28-20/h1-9,15H,10-14H2,(H,23,25)(H,24,26). The number of carbonyl (C=O) groups excluding carboxylic acids is 2. The molecule has 0 saturated heterocycles. The Kier molecular flexibility index (Phi) is 5.28. The highest BCUT2D eigenvalue weighted by Crippen LogP contribution is 2.29. The number of ether oxygens (including phenoxy) is 1. The van der Waals surface area contributed by atoms with Crippen molar-refractivity contribution < 1.29 is 18.7 Å². The minimum absolute atomic E-state index is 0.0648. The fourth-order valence-electron chi connectivity index (χ4n) is 3.03. The zero-order valence-electron chi connectivity index (χ0n) is 15.4. The van der Waals surface area contributed by atoms with Crippen molar-refractivity contribution in [3.63, 3.8) is 0 Å². The first kappa shape index (κ1) is 18.1. The first-order chi connectivity index (χ1) is 13.7. The molecule has 1 aromatic heterocycles. The number of hydrogen-bond donors (Lipinski definition) is 2. The van der Waals surface area contributed by atoms with E-state index in [2.05, 4.69) is 10.6 Å². The summed E-state index contributed by atoms with van der Waals surface area (Å²) in [6.07, 6.45) is 1.92. The molecule has 2 aromatic carbocycles. The van der Waals surface area contributed by atoms with Crippen molar-refractivity contribution in [1.82, 2.24) is 10.6 Å². The van der Waals surface area contributed by atoms with Crippen molar-refractivity contribution in [2.75, 3.05) is 13.1 Å². The molecular formula is C22H22N2O4. The summed E-state index contributed by atoms with van der Waals surface area (Å²) in [6.45, 7) is 0.965. The van der Waals surface area contributed by atoms with E-state index in [1.54, 1.807) is 0 Å². The van der Waals surface area contributed by atoms with Gasteiger partial charge in [-0.2, -0.15) is 0 Å². The van der Waals surface area contributed by atoms with Crippen LogP contribution in [0.4, 0.5) is 0 Å². The van der Waals surface area contributed by atoms with Gasteiger partial charge in [0.2, 0.25) is 5.91 Å². The summed E-state index contributed by atoms with van der Waals surface area (Å²) >= 11 is 0. The Hall–Kier alpha value is -3.28. The van der Waals surface area contributed by atoms with Gasteiger partial charge in [0, 0.05) is 30.0 Å². The maximum atomic E-state index is 12.7. The number of furan rings is 1. The number of nitrogens with one attached hydrogen (secondary N) is 2. The third-order valence-electron chi connectivity index (χ3n) is 4.69. The second kappa shape index (κ2) is 8.17. The van der Waals surface area contributed by atoms with Crippen LogP contribution in [0.2, 0.25) is 0 Å². The van der Waals surface area contributed by atoms with Crippen LogP contribution in [0, 0.1) is 5.92 Å². The summed E-state index contributed by atoms with van der Waals surface area (Å²) in [5, 5.41) is 6.49. The Morgan fingerprint density at radius 3 is 2.46 bits per heavy atom. The fraction of sp³-hybridized carbons (Fsp3) is 0.273. The maximum Gasteiger partial charge on any atom is 0.287 e. The van der Waals surface area contributed by atoms with Gasteiger partial charge in [0.05, 0.1) is 0 Å². The van der Waals surface area contributed by atoms with Crippen LogP contribution in [0.15, 0.2) is 59.0 Å². The lowest BCUT2D eigenvalue weighted by Gasteiger charge is -2.08. The quantitative estimate of drug-likeness (QED) is 0.590. The Morgan fingerprint density at radius 1 is 0.964 bits per heavy atom. The van der Waals surface area contributed by atoms with E-state index in [-0.39, 0.29) is 30.1 Å². The molecule has 1 saturated carbocycles. The van der Waals surface area contributed by atoms with Gasteiger partial charge in [-0.1, -0.05) is 36.4 Å². The van der Waals surface area contributed by atoms with Gasteiger partial charge in [0.25, 0.3) is 5.91 Å². The zero-order valence-corrected chi connectivity index (χ0v) is 15.4. The highest BCUT2D eigenvalue weighted by atomic mass is 16.5. The molecule has 1 aliphatic rings. The zero-order chi connectivity index (χ0) is 19.3. The van der Waals surface area contributed by atoms with E-state index in [1.807, 2.05) is 54.6 Å². The molecule has 6 heteroatoms. The molecule has 0 radical (unpaired) electrons. The number of fused-ring (bicyclic) bond motifs is 1. The first-order valence-electron chi connectivity index (χ1n) is 9.46. The van der Waals surface area contributed by atoms with Gasteiger partial charge in [-0.05, 0) is 31.0 Å². The molecule has 0 bridgehead atoms. The SMILES string of the molecule is O=C(NCCNC(=O)C1CC1)c1oc2ccccc2c1COc1ccccc1. The van der Waals surface area contributed by atoms with E-state index in [0.29, 0.717) is 24.2 Å². The molecule has 144 valence electrons. The first-order valence-corrected chi connectivity index (χ1v) is 9.46. The van der Waals surface area contributed by atoms with Crippen LogP contribution in [-0.2, 0) is 11.4 Å². The van der Waals surface area contributed by atoms with E-state index < -0.39 is 0 Å². The number of hydrogen-bond acceptors (Lipinski definition) is 4. The highest BCUT2D eigenvalue weighted by Gasteiger charge is 2.29. The summed E-state index contributed by atoms with van der Waals surface area (Å²) in [5.74, 6) is 0.874. The number of para-hydroxylation sites is 2. The van der Waals surface area contributed by atoms with Crippen molar-refractivity contribution in [2.24, 2.45) is 5.92 Å². The molecule has 3 aromatic rings. The fourth-order valence-corrected chi connectivity index (χ4v) is 3.03. The molecule has 28 heavy (non-hydrogen) atoms. The predicted octanol–water partition coefficient (Wildman–Crippen LogP) is 3.27. The number of rotatable bonds is 8. The van der Waals surface area contributed by atoms with Gasteiger partial charge >= 0.3 is 0 Å². The van der Waals surface area contributed by atoms with E-state index in [4.69, 9.17) is 9.15 Å². The second-order valence-corrected chi connectivity index (χ2v) is 6.83. The molecule has 6 nitrogen and oxygen atoms in total. The minimum atomic E-state index is -0.316. The van der Waals surface area contributed by atoms with Crippen LogP contribution in [0.3, 0.4) is 0 Å². The molecule has 1 heterocycles. The molecule has 2 amide bonds. The third kappa shape index (κ3) is 4.17. The van der Waals surface area contributed by atoms with E-state index in [0.717, 1.165) is 24.0 Å². The largest absolute Gasteiger partial charge is 0.489 e. The van der Waals surface area contributed by atoms with Crippen LogP contribution >= 0.6 is 0 Å². The normalized spacial score (nSPS) is 13.3. The maximum absolute atomic E-state index is 12.7. The van der Waals surface area contributed by atoms with Crippen molar-refractivity contribution in [3.05, 3.63) is 65.9 Å². The second-order valence-electron chi connectivity index (χ2n) is 6.83. The van der Waals surface area contributed by atoms with E-state index >= 15 is 0 Å². The lowest BCUT2D eigenvalue weighted by atomic mass is 10.1. The number of amides is 2. The summed E-state index contributed by atoms with van der Waals surface area (Å²) in [6, 6.07) is 16.9. The summed E-state index contributed by atoms with van der Waals surface area (Å²) in [4.78, 5) is 24.3. The van der Waals surface area contributed by atoms with Crippen molar-refractivity contribution >= 4 is 22.8 Å². The van der Waals surface area contributed by atoms with Crippen LogP contribution in [0.5, 0.6) is 5.75 Å². The van der Waals surface area contributed by atoms with Crippen LogP contribution in [-0.4, -0.2) is 24.9 Å². The van der Waals surface area contributed by atoms with Crippen molar-refractivity contribution in [3.8, 4) is 5.75 Å². The van der Waals surface area contributed by atoms with Gasteiger partial charge in [0.1, 0.15) is 17.9 Å². The number of benzene rings is 2.